The number of Topliss-reactive ketones (excluding diaryl/α,β-unsaturated/α-hetero) is 1. The van der Waals surface area contributed by atoms with Gasteiger partial charge < -0.3 is 9.79 Å². The molecule has 0 heterocycles. The Bertz CT molecular complexity index is 506. The van der Waals surface area contributed by atoms with Gasteiger partial charge in [0, 0.05) is 5.56 Å². The molecular weight excluding hydrogens is 272 g/mol. The van der Waals surface area contributed by atoms with Gasteiger partial charge in [-0.25, -0.2) is 0 Å². The number of hydrogen-bond acceptors (Lipinski definition) is 2. The van der Waals surface area contributed by atoms with Crippen LogP contribution in [0.25, 0.3) is 0 Å². The molecule has 0 bridgehead atoms. The number of carbonyl (C=O) groups excluding carboxylic acids is 1. The van der Waals surface area contributed by atoms with Gasteiger partial charge in [0.05, 0.1) is 5.56 Å². The molecule has 18 heavy (non-hydrogen) atoms. The summed E-state index contributed by atoms with van der Waals surface area (Å²) >= 11 is 0. The van der Waals surface area contributed by atoms with Crippen molar-refractivity contribution >= 4 is 13.4 Å². The average molecular weight is 282 g/mol. The number of alkyl halides is 3. The molecule has 8 heteroatoms. The molecule has 4 nitrogen and oxygen atoms in total. The molecule has 0 aliphatic rings. The largest absolute Gasteiger partial charge is 0.416 e. The monoisotopic (exact) mass is 282 g/mol. The third kappa shape index (κ3) is 3.41. The average Bonchev–Trinajstić information content (AvgIpc) is 2.25. The Balaban J connectivity index is 3.12. The Hall–Kier alpha value is -1.17. The van der Waals surface area contributed by atoms with Crippen LogP contribution < -0.4 is 0 Å². The van der Waals surface area contributed by atoms with Gasteiger partial charge in [0.15, 0.2) is 5.78 Å². The van der Waals surface area contributed by atoms with Crippen molar-refractivity contribution in [1.29, 1.82) is 0 Å². The number of rotatable bonds is 3. The third-order valence-corrected chi connectivity index (χ3v) is 3.60. The Morgan fingerprint density at radius 3 is 2.33 bits per heavy atom. The molecule has 1 aromatic carbocycles. The second-order valence-electron chi connectivity index (χ2n) is 3.71. The zero-order valence-corrected chi connectivity index (χ0v) is 10.1. The van der Waals surface area contributed by atoms with Crippen molar-refractivity contribution < 1.29 is 32.3 Å². The van der Waals surface area contributed by atoms with E-state index in [9.17, 15) is 22.5 Å². The zero-order chi connectivity index (χ0) is 14.1. The van der Waals surface area contributed by atoms with Gasteiger partial charge in [0.2, 0.25) is 0 Å². The molecule has 1 rings (SSSR count). The summed E-state index contributed by atoms with van der Waals surface area (Å²) in [4.78, 5) is 29.2. The van der Waals surface area contributed by atoms with E-state index in [2.05, 4.69) is 0 Å². The second-order valence-corrected chi connectivity index (χ2v) is 5.66. The van der Waals surface area contributed by atoms with Crippen molar-refractivity contribution in [3.63, 3.8) is 0 Å². The quantitative estimate of drug-likeness (QED) is 0.659. The molecule has 100 valence electrons. The van der Waals surface area contributed by atoms with Gasteiger partial charge in [-0.1, -0.05) is 12.1 Å². The first-order valence-corrected chi connectivity index (χ1v) is 6.48. The van der Waals surface area contributed by atoms with Crippen LogP contribution in [0, 0.1) is 0 Å². The van der Waals surface area contributed by atoms with Crippen LogP contribution in [-0.2, 0) is 10.7 Å². The summed E-state index contributed by atoms with van der Waals surface area (Å²) in [6.45, 7) is 0.976. The molecule has 0 fully saturated rings. The van der Waals surface area contributed by atoms with E-state index >= 15 is 0 Å². The molecule has 0 spiro atoms. The first-order valence-electron chi connectivity index (χ1n) is 4.80. The minimum atomic E-state index is -4.66. The van der Waals surface area contributed by atoms with Gasteiger partial charge in [0.1, 0.15) is 5.66 Å². The van der Waals surface area contributed by atoms with E-state index in [4.69, 9.17) is 9.79 Å². The van der Waals surface area contributed by atoms with Gasteiger partial charge in [0.25, 0.3) is 0 Å². The maximum absolute atomic E-state index is 12.4. The smallest absolute Gasteiger partial charge is 0.324 e. The summed E-state index contributed by atoms with van der Waals surface area (Å²) in [5, 5.41) is 0. The first kappa shape index (κ1) is 14.9. The number of halogens is 3. The van der Waals surface area contributed by atoms with E-state index in [0.717, 1.165) is 25.1 Å². The van der Waals surface area contributed by atoms with Crippen molar-refractivity contribution in [3.8, 4) is 0 Å². The standard InChI is InChI=1S/C10H10F3O4P/c1-6(18(15,16)17)9(14)7-3-2-4-8(5-7)10(11,12)13/h2-6H,1H3,(H2,15,16,17). The first-order chi connectivity index (χ1) is 8.03. The molecule has 0 radical (unpaired) electrons. The van der Waals surface area contributed by atoms with Gasteiger partial charge in [-0.2, -0.15) is 13.2 Å². The van der Waals surface area contributed by atoms with Crippen LogP contribution in [0.3, 0.4) is 0 Å². The van der Waals surface area contributed by atoms with E-state index in [0.29, 0.717) is 6.07 Å². The van der Waals surface area contributed by atoms with Gasteiger partial charge in [-0.3, -0.25) is 9.36 Å². The summed E-state index contributed by atoms with van der Waals surface area (Å²) in [6, 6.07) is 3.46. The predicted molar refractivity (Wildman–Crippen MR) is 57.3 cm³/mol. The lowest BCUT2D eigenvalue weighted by Crippen LogP contribution is -2.18. The molecule has 0 amide bonds. The minimum absolute atomic E-state index is 0.374. The molecule has 0 aliphatic carbocycles. The molecular formula is C10H10F3O4P. The van der Waals surface area contributed by atoms with Crippen LogP contribution in [0.5, 0.6) is 0 Å². The molecule has 0 saturated carbocycles. The highest BCUT2D eigenvalue weighted by molar-refractivity contribution is 7.53. The van der Waals surface area contributed by atoms with Crippen LogP contribution >= 0.6 is 7.60 Å². The highest BCUT2D eigenvalue weighted by atomic mass is 31.2. The lowest BCUT2D eigenvalue weighted by Gasteiger charge is -2.13. The van der Waals surface area contributed by atoms with Crippen molar-refractivity contribution in [3.05, 3.63) is 35.4 Å². The summed E-state index contributed by atoms with van der Waals surface area (Å²) in [5.41, 5.74) is -3.08. The molecule has 0 aromatic heterocycles. The van der Waals surface area contributed by atoms with Gasteiger partial charge >= 0.3 is 13.8 Å². The molecule has 0 aliphatic heterocycles. The van der Waals surface area contributed by atoms with Crippen molar-refractivity contribution in [2.24, 2.45) is 0 Å². The molecule has 0 saturated heterocycles. The summed E-state index contributed by atoms with van der Waals surface area (Å²) in [7, 11) is -4.66. The second kappa shape index (κ2) is 4.84. The van der Waals surface area contributed by atoms with E-state index in [1.807, 2.05) is 0 Å². The SMILES string of the molecule is CC(C(=O)c1cccc(C(F)(F)F)c1)P(=O)(O)O. The summed E-state index contributed by atoms with van der Waals surface area (Å²) < 4.78 is 48.1. The highest BCUT2D eigenvalue weighted by Crippen LogP contribution is 2.42. The van der Waals surface area contributed by atoms with Crippen molar-refractivity contribution in [2.75, 3.05) is 0 Å². The fraction of sp³-hybridized carbons (Fsp3) is 0.300. The number of hydrogen-bond donors (Lipinski definition) is 2. The molecule has 1 aromatic rings. The van der Waals surface area contributed by atoms with E-state index in [1.54, 1.807) is 0 Å². The summed E-state index contributed by atoms with van der Waals surface area (Å²) in [6.07, 6.45) is -4.61. The van der Waals surface area contributed by atoms with Crippen LogP contribution in [0.2, 0.25) is 0 Å². The Morgan fingerprint density at radius 2 is 1.89 bits per heavy atom. The Labute approximate surface area is 101 Å². The van der Waals surface area contributed by atoms with Crippen molar-refractivity contribution in [2.45, 2.75) is 18.8 Å². The Kier molecular flexibility index (Phi) is 4.00. The number of carbonyl (C=O) groups is 1. The molecule has 1 atom stereocenters. The fourth-order valence-electron chi connectivity index (χ4n) is 1.24. The van der Waals surface area contributed by atoms with Gasteiger partial charge in [-0.05, 0) is 19.1 Å². The van der Waals surface area contributed by atoms with Gasteiger partial charge in [-0.15, -0.1) is 0 Å². The van der Waals surface area contributed by atoms with E-state index < -0.39 is 30.8 Å². The highest BCUT2D eigenvalue weighted by Gasteiger charge is 2.34. The lowest BCUT2D eigenvalue weighted by molar-refractivity contribution is -0.137. The zero-order valence-electron chi connectivity index (χ0n) is 9.18. The number of ketones is 1. The maximum atomic E-state index is 12.4. The van der Waals surface area contributed by atoms with Crippen LogP contribution in [0.4, 0.5) is 13.2 Å². The fourth-order valence-corrected chi connectivity index (χ4v) is 1.70. The Morgan fingerprint density at radius 1 is 1.33 bits per heavy atom. The van der Waals surface area contributed by atoms with Crippen LogP contribution in [0.1, 0.15) is 22.8 Å². The summed E-state index contributed by atoms with van der Waals surface area (Å²) in [5.74, 6) is -1.02. The third-order valence-electron chi connectivity index (χ3n) is 2.36. The molecule has 1 unspecified atom stereocenters. The van der Waals surface area contributed by atoms with Crippen LogP contribution in [-0.4, -0.2) is 21.2 Å². The maximum Gasteiger partial charge on any atom is 0.416 e. The normalized spacial score (nSPS) is 14.3. The number of benzene rings is 1. The lowest BCUT2D eigenvalue weighted by atomic mass is 10.1. The van der Waals surface area contributed by atoms with E-state index in [1.165, 1.54) is 0 Å². The van der Waals surface area contributed by atoms with Crippen LogP contribution in [0.15, 0.2) is 24.3 Å². The predicted octanol–water partition coefficient (Wildman–Crippen LogP) is 2.45. The minimum Gasteiger partial charge on any atom is -0.324 e. The molecule has 2 N–H and O–H groups in total. The van der Waals surface area contributed by atoms with Crippen molar-refractivity contribution in [1.82, 2.24) is 0 Å². The van der Waals surface area contributed by atoms with E-state index in [-0.39, 0.29) is 5.56 Å². The topological polar surface area (TPSA) is 74.6 Å².